The third-order valence-corrected chi connectivity index (χ3v) is 2.82. The van der Waals surface area contributed by atoms with Gasteiger partial charge in [-0.2, -0.15) is 0 Å². The third kappa shape index (κ3) is 1.34. The summed E-state index contributed by atoms with van der Waals surface area (Å²) in [5, 5.41) is 3.34. The van der Waals surface area contributed by atoms with E-state index in [4.69, 9.17) is 0 Å². The molecule has 0 spiro atoms. The van der Waals surface area contributed by atoms with E-state index in [0.29, 0.717) is 6.04 Å². The highest BCUT2D eigenvalue weighted by atomic mass is 127. The first-order valence-electron chi connectivity index (χ1n) is 3.69. The minimum absolute atomic E-state index is 0.376. The van der Waals surface area contributed by atoms with Crippen LogP contribution in [-0.2, 0) is 0 Å². The summed E-state index contributed by atoms with van der Waals surface area (Å²) >= 11 is 2.35. The summed E-state index contributed by atoms with van der Waals surface area (Å²) in [5.41, 5.74) is 1.30. The number of halogens is 1. The van der Waals surface area contributed by atoms with E-state index in [1.807, 2.05) is 6.21 Å². The Kier molecular flexibility index (Phi) is 1.98. The molecular formula is C8H9IN2. The summed E-state index contributed by atoms with van der Waals surface area (Å²) in [4.78, 5) is 4.40. The van der Waals surface area contributed by atoms with E-state index < -0.39 is 0 Å². The van der Waals surface area contributed by atoms with E-state index >= 15 is 0 Å². The monoisotopic (exact) mass is 260 g/mol. The molecule has 0 radical (unpaired) electrons. The van der Waals surface area contributed by atoms with Gasteiger partial charge in [-0.1, -0.05) is 12.2 Å². The van der Waals surface area contributed by atoms with Crippen LogP contribution in [0.25, 0.3) is 0 Å². The molecule has 0 aromatic rings. The lowest BCUT2D eigenvalue weighted by Gasteiger charge is -2.24. The van der Waals surface area contributed by atoms with Crippen molar-refractivity contribution in [2.24, 2.45) is 4.99 Å². The summed E-state index contributed by atoms with van der Waals surface area (Å²) in [5.74, 6) is 0. The summed E-state index contributed by atoms with van der Waals surface area (Å²) in [6.45, 7) is 0.881. The summed E-state index contributed by atoms with van der Waals surface area (Å²) in [6, 6.07) is 0.376. The van der Waals surface area contributed by atoms with E-state index in [1.54, 1.807) is 0 Å². The Morgan fingerprint density at radius 1 is 1.64 bits per heavy atom. The van der Waals surface area contributed by atoms with Gasteiger partial charge in [-0.25, -0.2) is 0 Å². The van der Waals surface area contributed by atoms with Gasteiger partial charge in [0.15, 0.2) is 0 Å². The lowest BCUT2D eigenvalue weighted by atomic mass is 10.0. The molecule has 0 aromatic heterocycles. The molecule has 58 valence electrons. The highest BCUT2D eigenvalue weighted by molar-refractivity contribution is 14.1. The molecule has 1 N–H and O–H groups in total. The van der Waals surface area contributed by atoms with Crippen LogP contribution in [-0.4, -0.2) is 18.8 Å². The largest absolute Gasteiger partial charge is 0.381 e. The molecule has 11 heavy (non-hydrogen) atoms. The molecule has 3 heteroatoms. The predicted octanol–water partition coefficient (Wildman–Crippen LogP) is 1.64. The molecule has 1 atom stereocenters. The molecule has 0 amide bonds. The fraction of sp³-hybridized carbons (Fsp3) is 0.375. The molecule has 2 rings (SSSR count). The Labute approximate surface area is 79.6 Å². The minimum atomic E-state index is 0.376. The lowest BCUT2D eigenvalue weighted by Crippen LogP contribution is -2.31. The van der Waals surface area contributed by atoms with Crippen molar-refractivity contribution < 1.29 is 0 Å². The fourth-order valence-electron chi connectivity index (χ4n) is 1.34. The third-order valence-electron chi connectivity index (χ3n) is 1.88. The van der Waals surface area contributed by atoms with Gasteiger partial charge in [0.25, 0.3) is 0 Å². The molecular weight excluding hydrogens is 251 g/mol. The second-order valence-corrected chi connectivity index (χ2v) is 3.79. The van der Waals surface area contributed by atoms with E-state index in [9.17, 15) is 0 Å². The number of rotatable bonds is 0. The number of hydrogen-bond acceptors (Lipinski definition) is 2. The van der Waals surface area contributed by atoms with Crippen LogP contribution < -0.4 is 5.32 Å². The van der Waals surface area contributed by atoms with Gasteiger partial charge < -0.3 is 5.32 Å². The van der Waals surface area contributed by atoms with Crippen molar-refractivity contribution in [3.05, 3.63) is 21.4 Å². The van der Waals surface area contributed by atoms with Crippen LogP contribution >= 0.6 is 22.6 Å². The molecule has 1 unspecified atom stereocenters. The maximum absolute atomic E-state index is 4.40. The van der Waals surface area contributed by atoms with Gasteiger partial charge in [-0.05, 0) is 29.0 Å². The summed E-state index contributed by atoms with van der Waals surface area (Å²) < 4.78 is 1.30. The normalized spacial score (nSPS) is 28.3. The predicted molar refractivity (Wildman–Crippen MR) is 55.1 cm³/mol. The van der Waals surface area contributed by atoms with Crippen molar-refractivity contribution in [1.82, 2.24) is 5.32 Å². The standard InChI is InChI=1S/C8H9IN2/c9-6-2-1-3-7-8(6)11-5-4-10-7/h1-2,4,7,11H,3,5H2. The zero-order valence-electron chi connectivity index (χ0n) is 6.05. The van der Waals surface area contributed by atoms with E-state index in [2.05, 4.69) is 45.1 Å². The highest BCUT2D eigenvalue weighted by Crippen LogP contribution is 2.25. The number of aliphatic imine (C=N–C) groups is 1. The van der Waals surface area contributed by atoms with Crippen molar-refractivity contribution in [3.8, 4) is 0 Å². The van der Waals surface area contributed by atoms with Gasteiger partial charge in [-0.3, -0.25) is 4.99 Å². The van der Waals surface area contributed by atoms with E-state index in [0.717, 1.165) is 13.0 Å². The molecule has 1 heterocycles. The van der Waals surface area contributed by atoms with Gasteiger partial charge in [0.2, 0.25) is 0 Å². The first-order chi connectivity index (χ1) is 5.38. The number of nitrogens with one attached hydrogen (secondary N) is 1. The Morgan fingerprint density at radius 3 is 3.36 bits per heavy atom. The number of allylic oxidation sites excluding steroid dienone is 2. The average Bonchev–Trinajstić information content (AvgIpc) is 2.06. The molecule has 0 saturated heterocycles. The second kappa shape index (κ2) is 2.97. The maximum atomic E-state index is 4.40. The molecule has 2 aliphatic rings. The molecule has 1 aliphatic carbocycles. The molecule has 0 saturated carbocycles. The number of hydrogen-bond donors (Lipinski definition) is 1. The van der Waals surface area contributed by atoms with Crippen LogP contribution in [0.3, 0.4) is 0 Å². The molecule has 1 aliphatic heterocycles. The first kappa shape index (κ1) is 7.34. The van der Waals surface area contributed by atoms with Crippen molar-refractivity contribution in [2.75, 3.05) is 6.54 Å². The quantitative estimate of drug-likeness (QED) is 0.658. The van der Waals surface area contributed by atoms with E-state index in [1.165, 1.54) is 9.28 Å². The molecule has 0 bridgehead atoms. The Hall–Kier alpha value is -0.320. The van der Waals surface area contributed by atoms with Crippen molar-refractivity contribution >= 4 is 28.8 Å². The van der Waals surface area contributed by atoms with Crippen molar-refractivity contribution in [3.63, 3.8) is 0 Å². The van der Waals surface area contributed by atoms with Crippen LogP contribution in [0.1, 0.15) is 6.42 Å². The SMILES string of the molecule is IC1=C2NCC=NC2CC=C1. The summed E-state index contributed by atoms with van der Waals surface area (Å²) in [7, 11) is 0. The number of fused-ring (bicyclic) bond motifs is 1. The van der Waals surface area contributed by atoms with Crippen molar-refractivity contribution in [2.45, 2.75) is 12.5 Å². The first-order valence-corrected chi connectivity index (χ1v) is 4.77. The maximum Gasteiger partial charge on any atom is 0.0936 e. The Bertz CT molecular complexity index is 253. The summed E-state index contributed by atoms with van der Waals surface area (Å²) in [6.07, 6.45) is 7.34. The zero-order chi connectivity index (χ0) is 7.68. The molecule has 0 aromatic carbocycles. The molecule has 0 fully saturated rings. The lowest BCUT2D eigenvalue weighted by molar-refractivity contribution is 0.680. The average molecular weight is 260 g/mol. The van der Waals surface area contributed by atoms with Crippen LogP contribution in [0.15, 0.2) is 26.4 Å². The molecule has 2 nitrogen and oxygen atoms in total. The second-order valence-electron chi connectivity index (χ2n) is 2.63. The van der Waals surface area contributed by atoms with Crippen LogP contribution in [0.4, 0.5) is 0 Å². The zero-order valence-corrected chi connectivity index (χ0v) is 8.21. The topological polar surface area (TPSA) is 24.4 Å². The van der Waals surface area contributed by atoms with Crippen LogP contribution in [0.2, 0.25) is 0 Å². The smallest absolute Gasteiger partial charge is 0.0936 e. The van der Waals surface area contributed by atoms with Crippen LogP contribution in [0, 0.1) is 0 Å². The Balaban J connectivity index is 2.35. The van der Waals surface area contributed by atoms with Crippen molar-refractivity contribution in [1.29, 1.82) is 0 Å². The van der Waals surface area contributed by atoms with Gasteiger partial charge >= 0.3 is 0 Å². The van der Waals surface area contributed by atoms with Gasteiger partial charge in [0.05, 0.1) is 6.04 Å². The minimum Gasteiger partial charge on any atom is -0.381 e. The number of nitrogens with zero attached hydrogens (tertiary/aromatic N) is 1. The highest BCUT2D eigenvalue weighted by Gasteiger charge is 2.18. The van der Waals surface area contributed by atoms with Gasteiger partial charge in [-0.15, -0.1) is 0 Å². The van der Waals surface area contributed by atoms with Gasteiger partial charge in [0.1, 0.15) is 0 Å². The Morgan fingerprint density at radius 2 is 2.55 bits per heavy atom. The fourth-order valence-corrected chi connectivity index (χ4v) is 2.14. The van der Waals surface area contributed by atoms with Crippen LogP contribution in [0.5, 0.6) is 0 Å². The van der Waals surface area contributed by atoms with E-state index in [-0.39, 0.29) is 0 Å². The van der Waals surface area contributed by atoms with Gasteiger partial charge in [0, 0.05) is 22.0 Å².